The molecule has 5 nitrogen and oxygen atoms in total. The van der Waals surface area contributed by atoms with Gasteiger partial charge in [-0.3, -0.25) is 4.79 Å². The van der Waals surface area contributed by atoms with Crippen molar-refractivity contribution in [2.24, 2.45) is 0 Å². The lowest BCUT2D eigenvalue weighted by molar-refractivity contribution is 0.0719. The van der Waals surface area contributed by atoms with Gasteiger partial charge in [-0.2, -0.15) is 0 Å². The number of aromatic nitrogens is 1. The van der Waals surface area contributed by atoms with E-state index in [2.05, 4.69) is 4.98 Å². The third kappa shape index (κ3) is 4.96. The van der Waals surface area contributed by atoms with Crippen LogP contribution >= 0.6 is 23.2 Å². The molecule has 2 heterocycles. The van der Waals surface area contributed by atoms with Gasteiger partial charge in [-0.1, -0.05) is 23.2 Å². The molecule has 0 bridgehead atoms. The number of carbonyl (C=O) groups excluding carboxylic acids is 1. The number of nitrogens with zero attached hydrogens (tertiary/aromatic N) is 3. The SMILES string of the molecule is Cc1ccc(CN(CCN(C)C)C(=O)c2cnc(Cl)c(Cl)c2)o1. The molecule has 0 saturated carbocycles. The predicted octanol–water partition coefficient (Wildman–Crippen LogP) is 3.49. The molecule has 2 aromatic rings. The van der Waals surface area contributed by atoms with E-state index in [4.69, 9.17) is 27.6 Å². The number of likely N-dealkylation sites (N-methyl/N-ethyl adjacent to an activating group) is 1. The number of pyridine rings is 1. The Morgan fingerprint density at radius 3 is 2.57 bits per heavy atom. The molecule has 2 rings (SSSR count). The van der Waals surface area contributed by atoms with Crippen molar-refractivity contribution in [1.29, 1.82) is 0 Å². The van der Waals surface area contributed by atoms with Gasteiger partial charge in [-0.25, -0.2) is 4.98 Å². The highest BCUT2D eigenvalue weighted by atomic mass is 35.5. The standard InChI is InChI=1S/C16H19Cl2N3O2/c1-11-4-5-13(23-11)10-21(7-6-20(2)3)16(22)12-8-14(17)15(18)19-9-12/h4-5,8-9H,6-7,10H2,1-3H3. The Morgan fingerprint density at radius 2 is 2.00 bits per heavy atom. The molecule has 2 aromatic heterocycles. The summed E-state index contributed by atoms with van der Waals surface area (Å²) < 4.78 is 5.58. The summed E-state index contributed by atoms with van der Waals surface area (Å²) >= 11 is 11.8. The molecule has 0 aliphatic carbocycles. The van der Waals surface area contributed by atoms with Crippen molar-refractivity contribution < 1.29 is 9.21 Å². The molecule has 0 atom stereocenters. The van der Waals surface area contributed by atoms with E-state index in [9.17, 15) is 4.79 Å². The Kier molecular flexibility index (Phi) is 6.04. The fourth-order valence-electron chi connectivity index (χ4n) is 2.05. The Bertz CT molecular complexity index is 686. The summed E-state index contributed by atoms with van der Waals surface area (Å²) in [4.78, 5) is 20.4. The number of furan rings is 1. The van der Waals surface area contributed by atoms with Crippen molar-refractivity contribution in [2.75, 3.05) is 27.2 Å². The number of hydrogen-bond donors (Lipinski definition) is 0. The van der Waals surface area contributed by atoms with Crippen molar-refractivity contribution >= 4 is 29.1 Å². The second-order valence-electron chi connectivity index (χ2n) is 5.54. The molecule has 0 aliphatic rings. The van der Waals surface area contributed by atoms with Crippen LogP contribution in [0.1, 0.15) is 21.9 Å². The zero-order valence-corrected chi connectivity index (χ0v) is 14.9. The second-order valence-corrected chi connectivity index (χ2v) is 6.30. The predicted molar refractivity (Wildman–Crippen MR) is 91.0 cm³/mol. The largest absolute Gasteiger partial charge is 0.464 e. The van der Waals surface area contributed by atoms with Crippen LogP contribution in [0, 0.1) is 6.92 Å². The lowest BCUT2D eigenvalue weighted by Gasteiger charge is -2.23. The van der Waals surface area contributed by atoms with Crippen molar-refractivity contribution in [3.63, 3.8) is 0 Å². The Hall–Kier alpha value is -1.56. The monoisotopic (exact) mass is 355 g/mol. The van der Waals surface area contributed by atoms with Crippen LogP contribution in [0.4, 0.5) is 0 Å². The molecule has 0 spiro atoms. The maximum absolute atomic E-state index is 12.8. The van der Waals surface area contributed by atoms with Gasteiger partial charge >= 0.3 is 0 Å². The first-order chi connectivity index (χ1) is 10.9. The van der Waals surface area contributed by atoms with E-state index in [-0.39, 0.29) is 16.1 Å². The quantitative estimate of drug-likeness (QED) is 0.744. The minimum absolute atomic E-state index is 0.160. The van der Waals surface area contributed by atoms with Crippen LogP contribution in [0.5, 0.6) is 0 Å². The van der Waals surface area contributed by atoms with Crippen LogP contribution in [0.2, 0.25) is 10.2 Å². The van der Waals surface area contributed by atoms with Crippen molar-refractivity contribution in [2.45, 2.75) is 13.5 Å². The Labute approximate surface area is 145 Å². The van der Waals surface area contributed by atoms with Crippen molar-refractivity contribution in [3.05, 3.63) is 51.7 Å². The smallest absolute Gasteiger partial charge is 0.255 e. The van der Waals surface area contributed by atoms with E-state index in [1.54, 1.807) is 4.90 Å². The Morgan fingerprint density at radius 1 is 1.26 bits per heavy atom. The van der Waals surface area contributed by atoms with Gasteiger partial charge in [0.1, 0.15) is 16.7 Å². The molecular weight excluding hydrogens is 337 g/mol. The van der Waals surface area contributed by atoms with Crippen LogP contribution in [-0.4, -0.2) is 47.9 Å². The molecule has 0 unspecified atom stereocenters. The van der Waals surface area contributed by atoms with Gasteiger partial charge in [-0.05, 0) is 39.2 Å². The lowest BCUT2D eigenvalue weighted by atomic mass is 10.2. The summed E-state index contributed by atoms with van der Waals surface area (Å²) in [6.45, 7) is 3.56. The summed E-state index contributed by atoms with van der Waals surface area (Å²) in [7, 11) is 3.92. The average molecular weight is 356 g/mol. The van der Waals surface area contributed by atoms with Gasteiger partial charge in [0.15, 0.2) is 0 Å². The fourth-order valence-corrected chi connectivity index (χ4v) is 2.32. The normalized spacial score (nSPS) is 11.0. The van der Waals surface area contributed by atoms with Gasteiger partial charge in [0.25, 0.3) is 5.91 Å². The molecule has 23 heavy (non-hydrogen) atoms. The van der Waals surface area contributed by atoms with Crippen molar-refractivity contribution in [3.8, 4) is 0 Å². The zero-order chi connectivity index (χ0) is 17.0. The number of carbonyl (C=O) groups is 1. The van der Waals surface area contributed by atoms with Gasteiger partial charge in [0, 0.05) is 19.3 Å². The maximum Gasteiger partial charge on any atom is 0.255 e. The van der Waals surface area contributed by atoms with Crippen LogP contribution in [0.3, 0.4) is 0 Å². The number of halogens is 2. The summed E-state index contributed by atoms with van der Waals surface area (Å²) in [5.74, 6) is 1.39. The van der Waals surface area contributed by atoms with Crippen LogP contribution in [0.25, 0.3) is 0 Å². The summed E-state index contributed by atoms with van der Waals surface area (Å²) in [5, 5.41) is 0.448. The van der Waals surface area contributed by atoms with Crippen LogP contribution in [-0.2, 0) is 6.54 Å². The zero-order valence-electron chi connectivity index (χ0n) is 13.3. The minimum Gasteiger partial charge on any atom is -0.464 e. The topological polar surface area (TPSA) is 49.6 Å². The van der Waals surface area contributed by atoms with E-state index in [1.807, 2.05) is 38.1 Å². The molecule has 0 N–H and O–H groups in total. The first-order valence-corrected chi connectivity index (χ1v) is 7.93. The highest BCUT2D eigenvalue weighted by Gasteiger charge is 2.19. The van der Waals surface area contributed by atoms with Gasteiger partial charge in [0.2, 0.25) is 0 Å². The first-order valence-electron chi connectivity index (χ1n) is 7.17. The number of amides is 1. The van der Waals surface area contributed by atoms with Gasteiger partial charge in [-0.15, -0.1) is 0 Å². The summed E-state index contributed by atoms with van der Waals surface area (Å²) in [6.07, 6.45) is 1.44. The van der Waals surface area contributed by atoms with Gasteiger partial charge in [0.05, 0.1) is 17.1 Å². The van der Waals surface area contributed by atoms with Crippen molar-refractivity contribution in [1.82, 2.24) is 14.8 Å². The number of aryl methyl sites for hydroxylation is 1. The molecule has 0 aromatic carbocycles. The lowest BCUT2D eigenvalue weighted by Crippen LogP contribution is -2.36. The number of rotatable bonds is 6. The molecule has 0 saturated heterocycles. The maximum atomic E-state index is 12.8. The third-order valence-electron chi connectivity index (χ3n) is 3.29. The highest BCUT2D eigenvalue weighted by molar-refractivity contribution is 6.41. The second kappa shape index (κ2) is 7.81. The molecule has 0 fully saturated rings. The summed E-state index contributed by atoms with van der Waals surface area (Å²) in [5.41, 5.74) is 0.404. The van der Waals surface area contributed by atoms with Crippen LogP contribution in [0.15, 0.2) is 28.8 Å². The third-order valence-corrected chi connectivity index (χ3v) is 3.98. The molecule has 7 heteroatoms. The van der Waals surface area contributed by atoms with E-state index in [1.165, 1.54) is 12.3 Å². The molecule has 1 amide bonds. The van der Waals surface area contributed by atoms with Crippen LogP contribution < -0.4 is 0 Å². The Balaban J connectivity index is 2.20. The number of hydrogen-bond acceptors (Lipinski definition) is 4. The van der Waals surface area contributed by atoms with E-state index in [0.29, 0.717) is 18.7 Å². The molecular formula is C16H19Cl2N3O2. The van der Waals surface area contributed by atoms with E-state index < -0.39 is 0 Å². The van der Waals surface area contributed by atoms with E-state index >= 15 is 0 Å². The fraction of sp³-hybridized carbons (Fsp3) is 0.375. The first kappa shape index (κ1) is 17.8. The highest BCUT2D eigenvalue weighted by Crippen LogP contribution is 2.21. The molecule has 124 valence electrons. The van der Waals surface area contributed by atoms with E-state index in [0.717, 1.165) is 18.1 Å². The summed E-state index contributed by atoms with van der Waals surface area (Å²) in [6, 6.07) is 5.29. The van der Waals surface area contributed by atoms with Gasteiger partial charge < -0.3 is 14.2 Å². The average Bonchev–Trinajstić information content (AvgIpc) is 2.90. The molecule has 0 aliphatic heterocycles. The molecule has 0 radical (unpaired) electrons. The minimum atomic E-state index is -0.160.